The molecule has 0 fully saturated rings. The van der Waals surface area contributed by atoms with Crippen molar-refractivity contribution in [1.82, 2.24) is 15.1 Å². The molecular weight excluding hydrogens is 284 g/mol. The number of carbonyl (C=O) groups is 1. The van der Waals surface area contributed by atoms with Crippen LogP contribution in [-0.4, -0.2) is 33.7 Å². The SMILES string of the molecule is CCC(CSC)NC(=O)c1ccn(-c2ccccc2N)n1. The van der Waals surface area contributed by atoms with Gasteiger partial charge in [0, 0.05) is 18.0 Å². The number of thioether (sulfide) groups is 1. The number of para-hydroxylation sites is 2. The highest BCUT2D eigenvalue weighted by molar-refractivity contribution is 7.98. The van der Waals surface area contributed by atoms with Gasteiger partial charge in [-0.25, -0.2) is 4.68 Å². The van der Waals surface area contributed by atoms with Gasteiger partial charge >= 0.3 is 0 Å². The van der Waals surface area contributed by atoms with Crippen molar-refractivity contribution in [2.45, 2.75) is 19.4 Å². The van der Waals surface area contributed by atoms with Crippen molar-refractivity contribution in [1.29, 1.82) is 0 Å². The summed E-state index contributed by atoms with van der Waals surface area (Å²) in [7, 11) is 0. The van der Waals surface area contributed by atoms with Crippen LogP contribution < -0.4 is 11.1 Å². The predicted octanol–water partition coefficient (Wildman–Crippen LogP) is 2.33. The Bertz CT molecular complexity index is 611. The average Bonchev–Trinajstić information content (AvgIpc) is 2.97. The van der Waals surface area contributed by atoms with E-state index in [0.717, 1.165) is 17.9 Å². The van der Waals surface area contributed by atoms with E-state index in [4.69, 9.17) is 5.73 Å². The number of nitrogens with one attached hydrogen (secondary N) is 1. The molecule has 0 aliphatic rings. The summed E-state index contributed by atoms with van der Waals surface area (Å²) in [6, 6.07) is 9.30. The smallest absolute Gasteiger partial charge is 0.272 e. The van der Waals surface area contributed by atoms with Crippen LogP contribution in [0, 0.1) is 0 Å². The van der Waals surface area contributed by atoms with Crippen molar-refractivity contribution in [3.8, 4) is 5.69 Å². The van der Waals surface area contributed by atoms with Crippen molar-refractivity contribution >= 4 is 23.4 Å². The molecular formula is C15H20N4OS. The third kappa shape index (κ3) is 3.78. The van der Waals surface area contributed by atoms with Gasteiger partial charge in [-0.1, -0.05) is 19.1 Å². The number of nitrogens with zero attached hydrogens (tertiary/aromatic N) is 2. The molecule has 0 bridgehead atoms. The monoisotopic (exact) mass is 304 g/mol. The van der Waals surface area contributed by atoms with Gasteiger partial charge in [0.2, 0.25) is 0 Å². The van der Waals surface area contributed by atoms with E-state index in [9.17, 15) is 4.79 Å². The Morgan fingerprint density at radius 2 is 2.19 bits per heavy atom. The highest BCUT2D eigenvalue weighted by Crippen LogP contribution is 2.15. The molecule has 0 saturated heterocycles. The van der Waals surface area contributed by atoms with Gasteiger partial charge in [0.1, 0.15) is 0 Å². The van der Waals surface area contributed by atoms with Gasteiger partial charge < -0.3 is 11.1 Å². The van der Waals surface area contributed by atoms with E-state index in [1.54, 1.807) is 28.7 Å². The summed E-state index contributed by atoms with van der Waals surface area (Å²) in [5, 5.41) is 7.30. The maximum atomic E-state index is 12.2. The second-order valence-electron chi connectivity index (χ2n) is 4.74. The summed E-state index contributed by atoms with van der Waals surface area (Å²) in [5.41, 5.74) is 7.71. The maximum Gasteiger partial charge on any atom is 0.272 e. The van der Waals surface area contributed by atoms with Gasteiger partial charge in [-0.2, -0.15) is 16.9 Å². The van der Waals surface area contributed by atoms with Crippen molar-refractivity contribution in [3.63, 3.8) is 0 Å². The van der Waals surface area contributed by atoms with Gasteiger partial charge in [0.25, 0.3) is 5.91 Å². The zero-order chi connectivity index (χ0) is 15.2. The second kappa shape index (κ2) is 7.17. The number of hydrogen-bond donors (Lipinski definition) is 2. The number of carbonyl (C=O) groups excluding carboxylic acids is 1. The Balaban J connectivity index is 2.13. The summed E-state index contributed by atoms with van der Waals surface area (Å²) >= 11 is 1.72. The van der Waals surface area contributed by atoms with Gasteiger partial charge in [0.05, 0.1) is 11.4 Å². The Hall–Kier alpha value is -1.95. The van der Waals surface area contributed by atoms with E-state index >= 15 is 0 Å². The fourth-order valence-corrected chi connectivity index (χ4v) is 2.72. The molecule has 3 N–H and O–H groups in total. The lowest BCUT2D eigenvalue weighted by atomic mass is 10.2. The lowest BCUT2D eigenvalue weighted by molar-refractivity contribution is 0.0934. The normalized spacial score (nSPS) is 12.1. The number of nitrogen functional groups attached to an aromatic ring is 1. The molecule has 2 aromatic rings. The first-order valence-corrected chi connectivity index (χ1v) is 8.25. The Morgan fingerprint density at radius 1 is 1.43 bits per heavy atom. The molecule has 21 heavy (non-hydrogen) atoms. The standard InChI is InChI=1S/C15H20N4OS/c1-3-11(10-21-2)17-15(20)13-8-9-19(18-13)14-7-5-4-6-12(14)16/h4-9,11H,3,10,16H2,1-2H3,(H,17,20). The summed E-state index contributed by atoms with van der Waals surface area (Å²) < 4.78 is 1.62. The maximum absolute atomic E-state index is 12.2. The van der Waals surface area contributed by atoms with Crippen LogP contribution in [0.4, 0.5) is 5.69 Å². The minimum atomic E-state index is -0.149. The van der Waals surface area contributed by atoms with Gasteiger partial charge in [-0.05, 0) is 30.9 Å². The van der Waals surface area contributed by atoms with E-state index in [2.05, 4.69) is 17.3 Å². The van der Waals surface area contributed by atoms with Crippen LogP contribution in [0.1, 0.15) is 23.8 Å². The summed E-state index contributed by atoms with van der Waals surface area (Å²) in [6.07, 6.45) is 4.68. The number of aromatic nitrogens is 2. The number of nitrogens with two attached hydrogens (primary N) is 1. The van der Waals surface area contributed by atoms with E-state index < -0.39 is 0 Å². The minimum absolute atomic E-state index is 0.149. The topological polar surface area (TPSA) is 72.9 Å². The third-order valence-corrected chi connectivity index (χ3v) is 3.94. The Labute approximate surface area is 128 Å². The number of anilines is 1. The molecule has 1 amide bonds. The zero-order valence-corrected chi connectivity index (χ0v) is 13.1. The van der Waals surface area contributed by atoms with Gasteiger partial charge in [0.15, 0.2) is 5.69 Å². The highest BCUT2D eigenvalue weighted by atomic mass is 32.2. The van der Waals surface area contributed by atoms with Crippen LogP contribution in [0.2, 0.25) is 0 Å². The van der Waals surface area contributed by atoms with Crippen molar-refractivity contribution in [3.05, 3.63) is 42.2 Å². The molecule has 1 heterocycles. The molecule has 112 valence electrons. The predicted molar refractivity (Wildman–Crippen MR) is 87.9 cm³/mol. The first-order valence-electron chi connectivity index (χ1n) is 6.86. The quantitative estimate of drug-likeness (QED) is 0.803. The molecule has 1 atom stereocenters. The van der Waals surface area contributed by atoms with Gasteiger partial charge in [-0.15, -0.1) is 0 Å². The largest absolute Gasteiger partial charge is 0.397 e. The first-order chi connectivity index (χ1) is 10.2. The Morgan fingerprint density at radius 3 is 2.86 bits per heavy atom. The molecule has 1 aromatic carbocycles. The molecule has 0 radical (unpaired) electrons. The van der Waals surface area contributed by atoms with Crippen molar-refractivity contribution in [2.24, 2.45) is 0 Å². The number of rotatable bonds is 6. The third-order valence-electron chi connectivity index (χ3n) is 3.20. The molecule has 6 heteroatoms. The highest BCUT2D eigenvalue weighted by Gasteiger charge is 2.15. The van der Waals surface area contributed by atoms with Crippen LogP contribution in [0.3, 0.4) is 0 Å². The fourth-order valence-electron chi connectivity index (χ4n) is 2.00. The molecule has 0 spiro atoms. The molecule has 1 unspecified atom stereocenters. The van der Waals surface area contributed by atoms with Gasteiger partial charge in [-0.3, -0.25) is 4.79 Å². The van der Waals surface area contributed by atoms with E-state index in [1.165, 1.54) is 0 Å². The lowest BCUT2D eigenvalue weighted by Crippen LogP contribution is -2.36. The fraction of sp³-hybridized carbons (Fsp3) is 0.333. The Kier molecular flexibility index (Phi) is 5.27. The summed E-state index contributed by atoms with van der Waals surface area (Å²) in [6.45, 7) is 2.06. The summed E-state index contributed by atoms with van der Waals surface area (Å²) in [5.74, 6) is 0.748. The first kappa shape index (κ1) is 15.4. The average molecular weight is 304 g/mol. The lowest BCUT2D eigenvalue weighted by Gasteiger charge is -2.14. The molecule has 0 aliphatic heterocycles. The van der Waals surface area contributed by atoms with Crippen LogP contribution in [0.25, 0.3) is 5.69 Å². The molecule has 0 saturated carbocycles. The molecule has 1 aromatic heterocycles. The van der Waals surface area contributed by atoms with E-state index in [0.29, 0.717) is 11.4 Å². The minimum Gasteiger partial charge on any atom is -0.397 e. The zero-order valence-electron chi connectivity index (χ0n) is 12.2. The molecule has 0 aliphatic carbocycles. The van der Waals surface area contributed by atoms with Crippen LogP contribution in [-0.2, 0) is 0 Å². The number of hydrogen-bond acceptors (Lipinski definition) is 4. The van der Waals surface area contributed by atoms with Crippen LogP contribution >= 0.6 is 11.8 Å². The molecule has 2 rings (SSSR count). The number of amides is 1. The van der Waals surface area contributed by atoms with Crippen molar-refractivity contribution < 1.29 is 4.79 Å². The van der Waals surface area contributed by atoms with Crippen LogP contribution in [0.15, 0.2) is 36.5 Å². The molecule has 5 nitrogen and oxygen atoms in total. The summed E-state index contributed by atoms with van der Waals surface area (Å²) in [4.78, 5) is 12.2. The second-order valence-corrected chi connectivity index (χ2v) is 5.65. The van der Waals surface area contributed by atoms with Crippen LogP contribution in [0.5, 0.6) is 0 Å². The number of benzene rings is 1. The van der Waals surface area contributed by atoms with E-state index in [1.807, 2.05) is 30.5 Å². The van der Waals surface area contributed by atoms with Crippen molar-refractivity contribution in [2.75, 3.05) is 17.7 Å². The van der Waals surface area contributed by atoms with E-state index in [-0.39, 0.29) is 11.9 Å².